The van der Waals surface area contributed by atoms with Crippen LogP contribution in [0.4, 0.5) is 0 Å². The molecule has 0 saturated heterocycles. The molecule has 0 saturated carbocycles. The third kappa shape index (κ3) is 4.81. The minimum absolute atomic E-state index is 0.548. The summed E-state index contributed by atoms with van der Waals surface area (Å²) >= 11 is 0. The van der Waals surface area contributed by atoms with E-state index in [9.17, 15) is 15.8 Å². The van der Waals surface area contributed by atoms with Crippen LogP contribution in [-0.4, -0.2) is 9.13 Å². The van der Waals surface area contributed by atoms with Crippen LogP contribution in [-0.2, 0) is 19.3 Å². The standard InChI is InChI=1S/C46H31N5/c47-27-30-8-5-16-43-40(26-30)45-34(28-48)9-7-17-44(45)51(43)46-35(29-49)10-6-13-37(46)33-20-18-31(19-21-33)32-22-24-36(25-23-32)50-41-14-3-1-11-38(41)39-12-2-4-15-42(39)50/h1,3-6,8-11,13-15,18-26H,2,7,12,16-17H2. The summed E-state index contributed by atoms with van der Waals surface area (Å²) in [6, 6.07) is 39.1. The molecular weight excluding hydrogens is 623 g/mol. The van der Waals surface area contributed by atoms with Crippen LogP contribution in [0, 0.1) is 34.0 Å². The van der Waals surface area contributed by atoms with E-state index in [-0.39, 0.29) is 0 Å². The molecule has 5 heteroatoms. The van der Waals surface area contributed by atoms with Gasteiger partial charge in [0.1, 0.15) is 6.07 Å². The van der Waals surface area contributed by atoms with Gasteiger partial charge in [0.2, 0.25) is 0 Å². The van der Waals surface area contributed by atoms with E-state index in [1.54, 1.807) is 0 Å². The molecule has 6 aromatic rings. The van der Waals surface area contributed by atoms with E-state index in [1.807, 2.05) is 36.4 Å². The van der Waals surface area contributed by atoms with Gasteiger partial charge in [-0.25, -0.2) is 0 Å². The number of nitrogens with zero attached hydrogens (tertiary/aromatic N) is 5. The van der Waals surface area contributed by atoms with Crippen molar-refractivity contribution in [2.75, 3.05) is 0 Å². The summed E-state index contributed by atoms with van der Waals surface area (Å²) < 4.78 is 4.58. The second-order valence-corrected chi connectivity index (χ2v) is 13.2. The Morgan fingerprint density at radius 1 is 0.627 bits per heavy atom. The summed E-state index contributed by atoms with van der Waals surface area (Å²) in [5, 5.41) is 31.7. The summed E-state index contributed by atoms with van der Waals surface area (Å²) in [6.45, 7) is 0. The lowest BCUT2D eigenvalue weighted by atomic mass is 9.92. The molecule has 4 aromatic carbocycles. The summed E-state index contributed by atoms with van der Waals surface area (Å²) in [6.07, 6.45) is 16.4. The highest BCUT2D eigenvalue weighted by molar-refractivity contribution is 5.91. The lowest BCUT2D eigenvalue weighted by Gasteiger charge is -2.20. The molecule has 0 fully saturated rings. The van der Waals surface area contributed by atoms with Gasteiger partial charge in [0.25, 0.3) is 0 Å². The van der Waals surface area contributed by atoms with Gasteiger partial charge < -0.3 is 9.13 Å². The Bertz CT molecular complexity index is 2670. The van der Waals surface area contributed by atoms with Crippen molar-refractivity contribution in [1.29, 1.82) is 15.8 Å². The molecule has 51 heavy (non-hydrogen) atoms. The van der Waals surface area contributed by atoms with Gasteiger partial charge in [-0.2, -0.15) is 15.8 Å². The zero-order valence-electron chi connectivity index (χ0n) is 27.9. The molecule has 2 aromatic heterocycles. The Morgan fingerprint density at radius 2 is 1.41 bits per heavy atom. The number of fused-ring (bicyclic) bond motifs is 6. The number of aromatic nitrogens is 2. The second kappa shape index (κ2) is 12.2. The van der Waals surface area contributed by atoms with Crippen LogP contribution in [0.5, 0.6) is 0 Å². The molecule has 0 bridgehead atoms. The fourth-order valence-corrected chi connectivity index (χ4v) is 8.20. The average molecular weight is 654 g/mol. The minimum Gasteiger partial charge on any atom is -0.314 e. The average Bonchev–Trinajstić information content (AvgIpc) is 3.59. The molecule has 0 unspecified atom stereocenters. The minimum atomic E-state index is 0.548. The lowest BCUT2D eigenvalue weighted by Crippen LogP contribution is -2.10. The Kier molecular flexibility index (Phi) is 7.24. The van der Waals surface area contributed by atoms with Crippen LogP contribution < -0.4 is 0 Å². The normalized spacial score (nSPS) is 14.3. The van der Waals surface area contributed by atoms with E-state index >= 15 is 0 Å². The molecule has 0 amide bonds. The number of para-hydroxylation sites is 2. The Morgan fingerprint density at radius 3 is 2.20 bits per heavy atom. The van der Waals surface area contributed by atoms with Crippen molar-refractivity contribution in [3.8, 4) is 51.8 Å². The highest BCUT2D eigenvalue weighted by Gasteiger charge is 2.29. The molecular formula is C46H31N5. The Labute approximate surface area is 296 Å². The molecule has 9 rings (SSSR count). The maximum Gasteiger partial charge on any atom is 0.101 e. The van der Waals surface area contributed by atoms with Crippen LogP contribution in [0.1, 0.15) is 52.2 Å². The van der Waals surface area contributed by atoms with Gasteiger partial charge in [-0.15, -0.1) is 0 Å². The van der Waals surface area contributed by atoms with E-state index in [4.69, 9.17) is 0 Å². The topological polar surface area (TPSA) is 81.2 Å². The van der Waals surface area contributed by atoms with Gasteiger partial charge in [0.15, 0.2) is 0 Å². The summed E-state index contributed by atoms with van der Waals surface area (Å²) in [4.78, 5) is 0. The SMILES string of the molecule is N#CC1=Cc2c3c(n(-c4c(C#N)cccc4-c4ccc(-c5ccc(-n6c7c(c8ccccc86)CCC=C7)cc5)cc4)c2CC=C1)CCC=C3C#N. The smallest absolute Gasteiger partial charge is 0.101 e. The van der Waals surface area contributed by atoms with E-state index < -0.39 is 0 Å². The van der Waals surface area contributed by atoms with Crippen molar-refractivity contribution in [2.24, 2.45) is 0 Å². The van der Waals surface area contributed by atoms with Crippen LogP contribution in [0.3, 0.4) is 0 Å². The number of aryl methyl sites for hydroxylation is 1. The molecule has 0 radical (unpaired) electrons. The second-order valence-electron chi connectivity index (χ2n) is 13.2. The predicted octanol–water partition coefficient (Wildman–Crippen LogP) is 10.5. The molecule has 2 heterocycles. The molecule has 0 aliphatic heterocycles. The number of benzene rings is 4. The maximum atomic E-state index is 10.4. The molecule has 5 nitrogen and oxygen atoms in total. The first kappa shape index (κ1) is 30.2. The van der Waals surface area contributed by atoms with Crippen molar-refractivity contribution < 1.29 is 0 Å². The van der Waals surface area contributed by atoms with Gasteiger partial charge in [-0.3, -0.25) is 0 Å². The Balaban J connectivity index is 1.13. The molecule has 3 aliphatic rings. The Hall–Kier alpha value is -6.87. The van der Waals surface area contributed by atoms with E-state index in [1.165, 1.54) is 22.2 Å². The summed E-state index contributed by atoms with van der Waals surface area (Å²) in [5.41, 5.74) is 15.6. The maximum absolute atomic E-state index is 10.4. The van der Waals surface area contributed by atoms with Crippen LogP contribution in [0.15, 0.2) is 121 Å². The summed E-state index contributed by atoms with van der Waals surface area (Å²) in [7, 11) is 0. The van der Waals surface area contributed by atoms with Crippen LogP contribution in [0.2, 0.25) is 0 Å². The monoisotopic (exact) mass is 653 g/mol. The van der Waals surface area contributed by atoms with Crippen molar-refractivity contribution >= 4 is 28.6 Å². The highest BCUT2D eigenvalue weighted by Crippen LogP contribution is 2.42. The van der Waals surface area contributed by atoms with Crippen LogP contribution >= 0.6 is 0 Å². The predicted molar refractivity (Wildman–Crippen MR) is 204 cm³/mol. The van der Waals surface area contributed by atoms with Crippen molar-refractivity contribution in [2.45, 2.75) is 32.1 Å². The van der Waals surface area contributed by atoms with Gasteiger partial charge in [0.05, 0.1) is 40.1 Å². The van der Waals surface area contributed by atoms with Gasteiger partial charge in [-0.05, 0) is 90.4 Å². The van der Waals surface area contributed by atoms with Gasteiger partial charge in [0, 0.05) is 51.3 Å². The molecule has 240 valence electrons. The third-order valence-electron chi connectivity index (χ3n) is 10.5. The highest BCUT2D eigenvalue weighted by atomic mass is 15.0. The first-order valence-corrected chi connectivity index (χ1v) is 17.4. The lowest BCUT2D eigenvalue weighted by molar-refractivity contribution is 0.843. The zero-order valence-corrected chi connectivity index (χ0v) is 27.9. The summed E-state index contributed by atoms with van der Waals surface area (Å²) in [5.74, 6) is 0. The number of rotatable bonds is 4. The quantitative estimate of drug-likeness (QED) is 0.190. The molecule has 0 atom stereocenters. The van der Waals surface area contributed by atoms with E-state index in [0.29, 0.717) is 23.1 Å². The number of hydrogen-bond acceptors (Lipinski definition) is 3. The molecule has 0 N–H and O–H groups in total. The van der Waals surface area contributed by atoms with E-state index in [2.05, 4.69) is 118 Å². The molecule has 3 aliphatic carbocycles. The largest absolute Gasteiger partial charge is 0.314 e. The van der Waals surface area contributed by atoms with Crippen molar-refractivity contribution in [3.05, 3.63) is 160 Å². The molecule has 0 spiro atoms. The zero-order chi connectivity index (χ0) is 34.5. The first-order chi connectivity index (χ1) is 25.2. The van der Waals surface area contributed by atoms with Crippen molar-refractivity contribution in [3.63, 3.8) is 0 Å². The van der Waals surface area contributed by atoms with Crippen molar-refractivity contribution in [1.82, 2.24) is 9.13 Å². The van der Waals surface area contributed by atoms with E-state index in [0.717, 1.165) is 81.8 Å². The third-order valence-corrected chi connectivity index (χ3v) is 10.5. The first-order valence-electron chi connectivity index (χ1n) is 17.4. The van der Waals surface area contributed by atoms with Crippen LogP contribution in [0.25, 0.3) is 62.3 Å². The number of allylic oxidation sites excluding steroid dienone is 6. The number of hydrogen-bond donors (Lipinski definition) is 0. The number of nitriles is 3. The van der Waals surface area contributed by atoms with Gasteiger partial charge in [-0.1, -0.05) is 85.0 Å². The fourth-order valence-electron chi connectivity index (χ4n) is 8.20. The fraction of sp³-hybridized carbons (Fsp3) is 0.109. The van der Waals surface area contributed by atoms with Gasteiger partial charge >= 0.3 is 0 Å².